The topological polar surface area (TPSA) is 68.6 Å². The number of nitrogens with zero attached hydrogens (tertiary/aromatic N) is 2. The van der Waals surface area contributed by atoms with E-state index in [0.29, 0.717) is 11.4 Å². The maximum absolute atomic E-state index is 10.7. The van der Waals surface area contributed by atoms with E-state index >= 15 is 0 Å². The van der Waals surface area contributed by atoms with Crippen molar-refractivity contribution in [3.05, 3.63) is 57.0 Å². The largest absolute Gasteiger partial charge is 0.460 e. The standard InChI is InChI=1S/C12H9ClN2O3/c1-8-2-4-10(18-8)7-14-9-3-5-11(13)12(6-9)15(16)17/h2-7H,1H3. The van der Waals surface area contributed by atoms with Crippen LogP contribution in [-0.4, -0.2) is 11.1 Å². The molecule has 0 unspecified atom stereocenters. The minimum Gasteiger partial charge on any atom is -0.460 e. The first kappa shape index (κ1) is 12.3. The monoisotopic (exact) mass is 264 g/mol. The highest BCUT2D eigenvalue weighted by Crippen LogP contribution is 2.28. The van der Waals surface area contributed by atoms with Crippen LogP contribution in [0.4, 0.5) is 11.4 Å². The first-order valence-electron chi connectivity index (χ1n) is 5.11. The van der Waals surface area contributed by atoms with Crippen molar-refractivity contribution >= 4 is 29.2 Å². The zero-order valence-corrected chi connectivity index (χ0v) is 10.2. The molecule has 6 heteroatoms. The van der Waals surface area contributed by atoms with Crippen LogP contribution in [0.15, 0.2) is 39.7 Å². The second kappa shape index (κ2) is 5.01. The first-order valence-corrected chi connectivity index (χ1v) is 5.48. The third kappa shape index (κ3) is 2.75. The number of aryl methyl sites for hydroxylation is 1. The molecule has 0 aliphatic rings. The average Bonchev–Trinajstić information content (AvgIpc) is 2.74. The third-order valence-corrected chi connectivity index (χ3v) is 2.55. The summed E-state index contributed by atoms with van der Waals surface area (Å²) in [5.74, 6) is 1.36. The Kier molecular flexibility index (Phi) is 3.43. The zero-order chi connectivity index (χ0) is 13.1. The Bertz CT molecular complexity index is 620. The van der Waals surface area contributed by atoms with Gasteiger partial charge in [0.15, 0.2) is 0 Å². The van der Waals surface area contributed by atoms with Gasteiger partial charge in [0.2, 0.25) is 0 Å². The highest BCUT2D eigenvalue weighted by Gasteiger charge is 2.12. The molecule has 92 valence electrons. The van der Waals surface area contributed by atoms with Crippen LogP contribution in [0, 0.1) is 17.0 Å². The number of hydrogen-bond acceptors (Lipinski definition) is 4. The van der Waals surface area contributed by atoms with Gasteiger partial charge in [0.05, 0.1) is 16.8 Å². The lowest BCUT2D eigenvalue weighted by Crippen LogP contribution is -1.88. The van der Waals surface area contributed by atoms with E-state index in [4.69, 9.17) is 16.0 Å². The fraction of sp³-hybridized carbons (Fsp3) is 0.0833. The van der Waals surface area contributed by atoms with Gasteiger partial charge < -0.3 is 4.42 Å². The molecule has 0 atom stereocenters. The van der Waals surface area contributed by atoms with E-state index in [1.165, 1.54) is 18.3 Å². The molecule has 0 spiro atoms. The Balaban J connectivity index is 2.27. The van der Waals surface area contributed by atoms with Crippen molar-refractivity contribution in [1.29, 1.82) is 0 Å². The van der Waals surface area contributed by atoms with Gasteiger partial charge in [-0.2, -0.15) is 0 Å². The molecule has 0 N–H and O–H groups in total. The summed E-state index contributed by atoms with van der Waals surface area (Å²) in [7, 11) is 0. The van der Waals surface area contributed by atoms with Gasteiger partial charge >= 0.3 is 0 Å². The van der Waals surface area contributed by atoms with Crippen LogP contribution < -0.4 is 0 Å². The van der Waals surface area contributed by atoms with Crippen LogP contribution in [0.3, 0.4) is 0 Å². The van der Waals surface area contributed by atoms with Gasteiger partial charge in [-0.15, -0.1) is 0 Å². The summed E-state index contributed by atoms with van der Waals surface area (Å²) in [5, 5.41) is 10.8. The van der Waals surface area contributed by atoms with Crippen molar-refractivity contribution in [2.75, 3.05) is 0 Å². The molecule has 0 amide bonds. The number of hydrogen-bond donors (Lipinski definition) is 0. The lowest BCUT2D eigenvalue weighted by molar-refractivity contribution is -0.384. The number of halogens is 1. The first-order chi connectivity index (χ1) is 8.56. The van der Waals surface area contributed by atoms with Crippen molar-refractivity contribution in [1.82, 2.24) is 0 Å². The summed E-state index contributed by atoms with van der Waals surface area (Å²) >= 11 is 5.70. The van der Waals surface area contributed by atoms with E-state index in [-0.39, 0.29) is 10.7 Å². The summed E-state index contributed by atoms with van der Waals surface area (Å²) in [4.78, 5) is 14.3. The Morgan fingerprint density at radius 2 is 2.17 bits per heavy atom. The SMILES string of the molecule is Cc1ccc(C=Nc2ccc(Cl)c([N+](=O)[O-])c2)o1. The molecule has 0 fully saturated rings. The molecule has 1 aromatic heterocycles. The molecule has 0 aliphatic heterocycles. The quantitative estimate of drug-likeness (QED) is 0.479. The highest BCUT2D eigenvalue weighted by molar-refractivity contribution is 6.32. The summed E-state index contributed by atoms with van der Waals surface area (Å²) in [6.07, 6.45) is 1.50. The van der Waals surface area contributed by atoms with E-state index < -0.39 is 4.92 Å². The lowest BCUT2D eigenvalue weighted by atomic mass is 10.3. The summed E-state index contributed by atoms with van der Waals surface area (Å²) in [6, 6.07) is 7.94. The molecule has 0 saturated heterocycles. The Hall–Kier alpha value is -2.14. The van der Waals surface area contributed by atoms with Crippen molar-refractivity contribution < 1.29 is 9.34 Å². The summed E-state index contributed by atoms with van der Waals surface area (Å²) in [6.45, 7) is 1.82. The van der Waals surface area contributed by atoms with Crippen molar-refractivity contribution in [2.45, 2.75) is 6.92 Å². The van der Waals surface area contributed by atoms with Gasteiger partial charge in [0, 0.05) is 6.07 Å². The predicted octanol–water partition coefficient (Wildman–Crippen LogP) is 3.90. The minimum absolute atomic E-state index is 0.0905. The molecule has 2 aromatic rings. The van der Waals surface area contributed by atoms with Crippen LogP contribution in [0.5, 0.6) is 0 Å². The second-order valence-corrected chi connectivity index (χ2v) is 4.01. The van der Waals surface area contributed by atoms with E-state index in [9.17, 15) is 10.1 Å². The fourth-order valence-corrected chi connectivity index (χ4v) is 1.57. The Labute approximate surface area is 108 Å². The summed E-state index contributed by atoms with van der Waals surface area (Å²) < 4.78 is 5.30. The Morgan fingerprint density at radius 3 is 2.78 bits per heavy atom. The molecule has 1 aromatic carbocycles. The van der Waals surface area contributed by atoms with Crippen molar-refractivity contribution in [3.63, 3.8) is 0 Å². The molecular formula is C12H9ClN2O3. The van der Waals surface area contributed by atoms with Crippen molar-refractivity contribution in [3.8, 4) is 0 Å². The number of nitro benzene ring substituents is 1. The van der Waals surface area contributed by atoms with E-state index in [2.05, 4.69) is 4.99 Å². The molecule has 2 rings (SSSR count). The van der Waals surface area contributed by atoms with Crippen molar-refractivity contribution in [2.24, 2.45) is 4.99 Å². The maximum Gasteiger partial charge on any atom is 0.290 e. The van der Waals surface area contributed by atoms with Gasteiger partial charge in [-0.25, -0.2) is 0 Å². The van der Waals surface area contributed by atoms with Gasteiger partial charge in [-0.05, 0) is 31.2 Å². The molecule has 18 heavy (non-hydrogen) atoms. The smallest absolute Gasteiger partial charge is 0.290 e. The van der Waals surface area contributed by atoms with Crippen LogP contribution in [0.2, 0.25) is 5.02 Å². The molecule has 5 nitrogen and oxygen atoms in total. The number of benzene rings is 1. The second-order valence-electron chi connectivity index (χ2n) is 3.60. The number of furan rings is 1. The van der Waals surface area contributed by atoms with Crippen LogP contribution in [0.1, 0.15) is 11.5 Å². The average molecular weight is 265 g/mol. The number of rotatable bonds is 3. The van der Waals surface area contributed by atoms with Crippen LogP contribution in [-0.2, 0) is 0 Å². The molecule has 0 aliphatic carbocycles. The molecule has 1 heterocycles. The van der Waals surface area contributed by atoms with Gasteiger partial charge in [0.25, 0.3) is 5.69 Å². The predicted molar refractivity (Wildman–Crippen MR) is 68.8 cm³/mol. The maximum atomic E-state index is 10.7. The minimum atomic E-state index is -0.543. The normalized spacial score (nSPS) is 11.0. The van der Waals surface area contributed by atoms with E-state index in [1.807, 2.05) is 13.0 Å². The van der Waals surface area contributed by atoms with Crippen LogP contribution >= 0.6 is 11.6 Å². The van der Waals surface area contributed by atoms with Crippen LogP contribution in [0.25, 0.3) is 0 Å². The number of aliphatic imine (C=N–C) groups is 1. The van der Waals surface area contributed by atoms with E-state index in [1.54, 1.807) is 12.1 Å². The Morgan fingerprint density at radius 1 is 1.39 bits per heavy atom. The highest BCUT2D eigenvalue weighted by atomic mass is 35.5. The van der Waals surface area contributed by atoms with Gasteiger partial charge in [-0.1, -0.05) is 11.6 Å². The molecule has 0 saturated carbocycles. The summed E-state index contributed by atoms with van der Waals surface area (Å²) in [5.41, 5.74) is 0.280. The molecular weight excluding hydrogens is 256 g/mol. The number of nitro groups is 1. The zero-order valence-electron chi connectivity index (χ0n) is 9.46. The third-order valence-electron chi connectivity index (χ3n) is 2.23. The lowest BCUT2D eigenvalue weighted by Gasteiger charge is -1.96. The molecule has 0 radical (unpaired) electrons. The van der Waals surface area contributed by atoms with E-state index in [0.717, 1.165) is 5.76 Å². The van der Waals surface area contributed by atoms with Gasteiger partial charge in [0.1, 0.15) is 16.5 Å². The molecule has 0 bridgehead atoms. The van der Waals surface area contributed by atoms with Gasteiger partial charge in [-0.3, -0.25) is 15.1 Å². The fourth-order valence-electron chi connectivity index (χ4n) is 1.38.